The van der Waals surface area contributed by atoms with Gasteiger partial charge in [-0.3, -0.25) is 4.90 Å². The lowest BCUT2D eigenvalue weighted by atomic mass is 10.1. The topological polar surface area (TPSA) is 57.5 Å². The minimum Gasteiger partial charge on any atom is -0.463 e. The van der Waals surface area contributed by atoms with Crippen LogP contribution in [0, 0.1) is 0 Å². The number of carbonyl (C=O) groups is 1. The van der Waals surface area contributed by atoms with Gasteiger partial charge in [-0.15, -0.1) is 5.10 Å². The van der Waals surface area contributed by atoms with Crippen molar-refractivity contribution in [3.8, 4) is 0 Å². The molecule has 0 aliphatic carbocycles. The lowest BCUT2D eigenvalue weighted by molar-refractivity contribution is -0.132. The lowest BCUT2D eigenvalue weighted by Crippen LogP contribution is -2.45. The zero-order chi connectivity index (χ0) is 15.8. The highest BCUT2D eigenvalue weighted by Gasteiger charge is 2.41. The average molecular weight is 306 g/mol. The number of ether oxygens (including phenoxy) is 1. The van der Waals surface area contributed by atoms with Crippen molar-refractivity contribution in [2.45, 2.75) is 6.29 Å². The second kappa shape index (κ2) is 5.24. The quantitative estimate of drug-likeness (QED) is 0.798. The molecule has 0 radical (unpaired) electrons. The highest BCUT2D eigenvalue weighted by Crippen LogP contribution is 2.34. The van der Waals surface area contributed by atoms with Gasteiger partial charge < -0.3 is 4.74 Å². The third-order valence-corrected chi connectivity index (χ3v) is 3.81. The summed E-state index contributed by atoms with van der Waals surface area (Å²) in [5.41, 5.74) is 2.68. The number of fused-ring (bicyclic) bond motifs is 3. The Morgan fingerprint density at radius 2 is 1.83 bits per heavy atom. The molecule has 2 aromatic rings. The minimum atomic E-state index is -0.486. The van der Waals surface area contributed by atoms with E-state index in [2.05, 4.69) is 10.1 Å². The number of methoxy groups -OCH3 is 1. The summed E-state index contributed by atoms with van der Waals surface area (Å²) in [6.45, 7) is 0. The number of aliphatic imine (C=N–C) groups is 1. The number of esters is 1. The van der Waals surface area contributed by atoms with Crippen LogP contribution < -0.4 is 9.91 Å². The summed E-state index contributed by atoms with van der Waals surface area (Å²) in [7, 11) is 1.35. The van der Waals surface area contributed by atoms with E-state index in [1.807, 2.05) is 60.8 Å². The van der Waals surface area contributed by atoms with Crippen molar-refractivity contribution in [1.82, 2.24) is 0 Å². The molecule has 0 N–H and O–H groups in total. The Hall–Kier alpha value is -3.15. The van der Waals surface area contributed by atoms with Crippen molar-refractivity contribution >= 4 is 29.4 Å². The number of hydrazone groups is 1. The van der Waals surface area contributed by atoms with Crippen LogP contribution in [0.15, 0.2) is 64.7 Å². The Bertz CT molecular complexity index is 816. The zero-order valence-corrected chi connectivity index (χ0v) is 12.5. The van der Waals surface area contributed by atoms with Crippen LogP contribution in [-0.2, 0) is 9.53 Å². The second-order valence-electron chi connectivity index (χ2n) is 5.15. The number of hydrogen-bond donors (Lipinski definition) is 0. The van der Waals surface area contributed by atoms with Gasteiger partial charge in [-0.1, -0.05) is 36.4 Å². The molecule has 114 valence electrons. The van der Waals surface area contributed by atoms with Crippen molar-refractivity contribution in [2.24, 2.45) is 10.1 Å². The van der Waals surface area contributed by atoms with Crippen LogP contribution in [0.3, 0.4) is 0 Å². The number of carbonyl (C=O) groups excluding carboxylic acids is 1. The number of nitrogens with zero attached hydrogens (tertiary/aromatic N) is 4. The monoisotopic (exact) mass is 306 g/mol. The molecule has 4 rings (SSSR count). The lowest BCUT2D eigenvalue weighted by Gasteiger charge is -2.31. The summed E-state index contributed by atoms with van der Waals surface area (Å²) in [6.07, 6.45) is 1.38. The minimum absolute atomic E-state index is 0.227. The standard InChI is InChI=1S/C17H14N4O2/c1-23-16(22)15-19-21(13-8-3-2-4-9-13)17-18-11-12-7-5-6-10-14(12)20(15)17/h2-11,17H,1H3. The van der Waals surface area contributed by atoms with Crippen molar-refractivity contribution in [3.05, 3.63) is 60.2 Å². The zero-order valence-electron chi connectivity index (χ0n) is 12.5. The molecule has 1 atom stereocenters. The second-order valence-corrected chi connectivity index (χ2v) is 5.15. The van der Waals surface area contributed by atoms with E-state index in [9.17, 15) is 4.79 Å². The highest BCUT2D eigenvalue weighted by atomic mass is 16.5. The summed E-state index contributed by atoms with van der Waals surface area (Å²) in [5.74, 6) is -0.258. The van der Waals surface area contributed by atoms with Crippen molar-refractivity contribution in [1.29, 1.82) is 0 Å². The molecular weight excluding hydrogens is 292 g/mol. The number of benzene rings is 2. The summed E-state index contributed by atoms with van der Waals surface area (Å²) in [4.78, 5) is 18.5. The van der Waals surface area contributed by atoms with E-state index in [4.69, 9.17) is 4.74 Å². The Kier molecular flexibility index (Phi) is 3.08. The van der Waals surface area contributed by atoms with Gasteiger partial charge in [0.15, 0.2) is 0 Å². The van der Waals surface area contributed by atoms with Gasteiger partial charge in [0.05, 0.1) is 18.5 Å². The van der Waals surface area contributed by atoms with E-state index >= 15 is 0 Å². The first-order chi connectivity index (χ1) is 11.3. The van der Waals surface area contributed by atoms with Crippen molar-refractivity contribution < 1.29 is 9.53 Å². The summed E-state index contributed by atoms with van der Waals surface area (Å²) >= 11 is 0. The maximum absolute atomic E-state index is 12.2. The van der Waals surface area contributed by atoms with E-state index in [1.165, 1.54) is 7.11 Å². The van der Waals surface area contributed by atoms with Gasteiger partial charge in [-0.2, -0.15) is 0 Å². The summed E-state index contributed by atoms with van der Waals surface area (Å²) in [6, 6.07) is 17.4. The van der Waals surface area contributed by atoms with Gasteiger partial charge in [-0.25, -0.2) is 14.8 Å². The maximum Gasteiger partial charge on any atom is 0.376 e. The van der Waals surface area contributed by atoms with Gasteiger partial charge in [0.1, 0.15) is 0 Å². The average Bonchev–Trinajstić information content (AvgIpc) is 3.02. The number of anilines is 2. The third kappa shape index (κ3) is 2.07. The first-order valence-corrected chi connectivity index (χ1v) is 7.22. The Morgan fingerprint density at radius 3 is 2.61 bits per heavy atom. The van der Waals surface area contributed by atoms with Crippen LogP contribution in [0.1, 0.15) is 5.56 Å². The van der Waals surface area contributed by atoms with Crippen LogP contribution in [0.25, 0.3) is 0 Å². The third-order valence-electron chi connectivity index (χ3n) is 3.81. The Morgan fingerprint density at radius 1 is 1.09 bits per heavy atom. The van der Waals surface area contributed by atoms with E-state index in [-0.39, 0.29) is 5.84 Å². The van der Waals surface area contributed by atoms with E-state index < -0.39 is 12.3 Å². The van der Waals surface area contributed by atoms with Gasteiger partial charge in [-0.05, 0) is 18.2 Å². The molecule has 0 amide bonds. The fourth-order valence-corrected chi connectivity index (χ4v) is 2.75. The maximum atomic E-state index is 12.2. The number of para-hydroxylation sites is 2. The van der Waals surface area contributed by atoms with E-state index in [0.29, 0.717) is 0 Å². The molecule has 0 spiro atoms. The molecule has 0 aromatic heterocycles. The van der Waals surface area contributed by atoms with Crippen LogP contribution in [0.4, 0.5) is 11.4 Å². The largest absolute Gasteiger partial charge is 0.463 e. The molecule has 0 saturated carbocycles. The summed E-state index contributed by atoms with van der Waals surface area (Å²) in [5, 5.41) is 6.18. The van der Waals surface area contributed by atoms with Crippen molar-refractivity contribution in [3.63, 3.8) is 0 Å². The van der Waals surface area contributed by atoms with E-state index in [0.717, 1.165) is 16.9 Å². The molecule has 6 nitrogen and oxygen atoms in total. The van der Waals surface area contributed by atoms with Crippen molar-refractivity contribution in [2.75, 3.05) is 17.0 Å². The predicted octanol–water partition coefficient (Wildman–Crippen LogP) is 2.22. The normalized spacial score (nSPS) is 18.3. The van der Waals surface area contributed by atoms with Crippen LogP contribution in [-0.4, -0.2) is 31.4 Å². The molecule has 0 fully saturated rings. The van der Waals surface area contributed by atoms with Gasteiger partial charge in [0.2, 0.25) is 12.1 Å². The van der Waals surface area contributed by atoms with Crippen LogP contribution >= 0.6 is 0 Å². The predicted molar refractivity (Wildman–Crippen MR) is 88.7 cm³/mol. The first kappa shape index (κ1) is 13.5. The smallest absolute Gasteiger partial charge is 0.376 e. The number of hydrogen-bond acceptors (Lipinski definition) is 6. The molecule has 2 aromatic carbocycles. The fourth-order valence-electron chi connectivity index (χ4n) is 2.75. The van der Waals surface area contributed by atoms with Gasteiger partial charge in [0, 0.05) is 11.8 Å². The van der Waals surface area contributed by atoms with Crippen LogP contribution in [0.2, 0.25) is 0 Å². The molecule has 2 aliphatic rings. The molecule has 23 heavy (non-hydrogen) atoms. The first-order valence-electron chi connectivity index (χ1n) is 7.22. The number of amidine groups is 1. The molecule has 1 unspecified atom stereocenters. The molecule has 2 heterocycles. The van der Waals surface area contributed by atoms with Gasteiger partial charge >= 0.3 is 5.97 Å². The highest BCUT2D eigenvalue weighted by molar-refractivity contribution is 6.42. The molecule has 6 heteroatoms. The fraction of sp³-hybridized carbons (Fsp3) is 0.118. The SMILES string of the molecule is COC(=O)C1=NN(c2ccccc2)C2N=Cc3ccccc3N12. The number of rotatable bonds is 2. The van der Waals surface area contributed by atoms with E-state index in [1.54, 1.807) is 9.91 Å². The molecular formula is C17H14N4O2. The van der Waals surface area contributed by atoms with Gasteiger partial charge in [0.25, 0.3) is 0 Å². The Balaban J connectivity index is 1.85. The molecule has 0 saturated heterocycles. The Labute approximate surface area is 133 Å². The summed E-state index contributed by atoms with van der Waals surface area (Å²) < 4.78 is 4.89. The molecule has 0 bridgehead atoms. The molecule has 2 aliphatic heterocycles. The van der Waals surface area contributed by atoms with Crippen LogP contribution in [0.5, 0.6) is 0 Å².